The van der Waals surface area contributed by atoms with Gasteiger partial charge in [-0.3, -0.25) is 4.79 Å². The summed E-state index contributed by atoms with van der Waals surface area (Å²) < 4.78 is 0. The van der Waals surface area contributed by atoms with Crippen LogP contribution >= 0.6 is 0 Å². The van der Waals surface area contributed by atoms with E-state index in [1.807, 2.05) is 12.3 Å². The highest BCUT2D eigenvalue weighted by Gasteiger charge is 2.34. The van der Waals surface area contributed by atoms with E-state index in [9.17, 15) is 4.79 Å². The number of rotatable bonds is 2. The summed E-state index contributed by atoms with van der Waals surface area (Å²) in [5, 5.41) is 0. The maximum absolute atomic E-state index is 12.6. The second kappa shape index (κ2) is 5.01. The molecule has 1 aromatic rings. The van der Waals surface area contributed by atoms with Crippen LogP contribution in [0.15, 0.2) is 30.5 Å². The van der Waals surface area contributed by atoms with Gasteiger partial charge in [0.15, 0.2) is 0 Å². The number of hydrogen-bond acceptors (Lipinski definition) is 1. The van der Waals surface area contributed by atoms with Gasteiger partial charge in [-0.2, -0.15) is 0 Å². The molecule has 1 N–H and O–H groups in total. The Balaban J connectivity index is 1.74. The van der Waals surface area contributed by atoms with Gasteiger partial charge in [-0.1, -0.05) is 12.2 Å². The Morgan fingerprint density at radius 3 is 3.00 bits per heavy atom. The Bertz CT molecular complexity index is 435. The molecule has 0 radical (unpaired) electrons. The third-order valence-electron chi connectivity index (χ3n) is 4.14. The molecule has 3 nitrogen and oxygen atoms in total. The largest absolute Gasteiger partial charge is 0.363 e. The quantitative estimate of drug-likeness (QED) is 0.797. The van der Waals surface area contributed by atoms with Crippen LogP contribution in [0, 0.1) is 5.92 Å². The van der Waals surface area contributed by atoms with Crippen LogP contribution in [0.4, 0.5) is 0 Å². The minimum absolute atomic E-state index is 0.213. The standard InChI is InChI=1S/C15H20N2O/c18-15(12-6-2-1-3-7-12)17-11-5-9-14(17)13-8-4-10-16-13/h1-2,4,8,10,12,14,16H,3,5-7,9,11H2. The third kappa shape index (κ3) is 2.09. The molecule has 0 saturated carbocycles. The van der Waals surface area contributed by atoms with Crippen LogP contribution in [-0.2, 0) is 4.79 Å². The fourth-order valence-electron chi connectivity index (χ4n) is 3.16. The van der Waals surface area contributed by atoms with Gasteiger partial charge in [0.05, 0.1) is 6.04 Å². The van der Waals surface area contributed by atoms with Crippen molar-refractivity contribution in [2.45, 2.75) is 38.1 Å². The van der Waals surface area contributed by atoms with E-state index < -0.39 is 0 Å². The van der Waals surface area contributed by atoms with Crippen molar-refractivity contribution in [3.8, 4) is 0 Å². The molecule has 18 heavy (non-hydrogen) atoms. The monoisotopic (exact) mass is 244 g/mol. The first-order valence-corrected chi connectivity index (χ1v) is 6.95. The van der Waals surface area contributed by atoms with Gasteiger partial charge in [0.2, 0.25) is 5.91 Å². The molecule has 0 spiro atoms. The molecule has 3 heteroatoms. The van der Waals surface area contributed by atoms with E-state index in [0.717, 1.165) is 38.6 Å². The lowest BCUT2D eigenvalue weighted by molar-refractivity contribution is -0.136. The summed E-state index contributed by atoms with van der Waals surface area (Å²) in [6.07, 6.45) is 11.5. The normalized spacial score (nSPS) is 27.7. The lowest BCUT2D eigenvalue weighted by Gasteiger charge is -2.29. The first-order chi connectivity index (χ1) is 8.86. The van der Waals surface area contributed by atoms with E-state index in [1.165, 1.54) is 5.69 Å². The number of amides is 1. The number of carbonyl (C=O) groups is 1. The molecule has 2 heterocycles. The van der Waals surface area contributed by atoms with Crippen molar-refractivity contribution in [1.82, 2.24) is 9.88 Å². The maximum Gasteiger partial charge on any atom is 0.226 e. The predicted molar refractivity (Wildman–Crippen MR) is 71.0 cm³/mol. The summed E-state index contributed by atoms with van der Waals surface area (Å²) in [5.41, 5.74) is 1.19. The summed E-state index contributed by atoms with van der Waals surface area (Å²) in [5.74, 6) is 0.571. The number of carbonyl (C=O) groups excluding carboxylic acids is 1. The average molecular weight is 244 g/mol. The summed E-state index contributed by atoms with van der Waals surface area (Å²) in [4.78, 5) is 17.9. The van der Waals surface area contributed by atoms with Gasteiger partial charge in [0.25, 0.3) is 0 Å². The molecule has 2 atom stereocenters. The number of aromatic nitrogens is 1. The summed E-state index contributed by atoms with van der Waals surface area (Å²) in [7, 11) is 0. The van der Waals surface area contributed by atoms with Crippen molar-refractivity contribution in [3.05, 3.63) is 36.2 Å². The summed E-state index contributed by atoms with van der Waals surface area (Å²) in [6, 6.07) is 4.38. The molecule has 1 saturated heterocycles. The fourth-order valence-corrected chi connectivity index (χ4v) is 3.16. The van der Waals surface area contributed by atoms with E-state index in [4.69, 9.17) is 0 Å². The van der Waals surface area contributed by atoms with E-state index in [2.05, 4.69) is 28.1 Å². The molecule has 0 bridgehead atoms. The second-order valence-corrected chi connectivity index (χ2v) is 5.30. The molecule has 1 aliphatic heterocycles. The number of nitrogens with one attached hydrogen (secondary N) is 1. The van der Waals surface area contributed by atoms with Gasteiger partial charge in [0.1, 0.15) is 0 Å². The first kappa shape index (κ1) is 11.6. The minimum Gasteiger partial charge on any atom is -0.363 e. The lowest BCUT2D eigenvalue weighted by Crippen LogP contribution is -2.36. The second-order valence-electron chi connectivity index (χ2n) is 5.30. The zero-order valence-corrected chi connectivity index (χ0v) is 10.6. The van der Waals surface area contributed by atoms with Crippen molar-refractivity contribution in [2.24, 2.45) is 5.92 Å². The highest BCUT2D eigenvalue weighted by Crippen LogP contribution is 2.33. The Labute approximate surface area is 108 Å². The Kier molecular flexibility index (Phi) is 3.22. The van der Waals surface area contributed by atoms with Crippen LogP contribution in [-0.4, -0.2) is 22.3 Å². The topological polar surface area (TPSA) is 36.1 Å². The van der Waals surface area contributed by atoms with Crippen molar-refractivity contribution in [2.75, 3.05) is 6.54 Å². The summed E-state index contributed by atoms with van der Waals surface area (Å²) in [6.45, 7) is 0.919. The smallest absolute Gasteiger partial charge is 0.226 e. The molecule has 2 aliphatic rings. The third-order valence-corrected chi connectivity index (χ3v) is 4.14. The van der Waals surface area contributed by atoms with Crippen molar-refractivity contribution in [3.63, 3.8) is 0 Å². The molecule has 1 amide bonds. The zero-order chi connectivity index (χ0) is 12.4. The molecule has 3 rings (SSSR count). The Morgan fingerprint density at radius 1 is 1.33 bits per heavy atom. The van der Waals surface area contributed by atoms with E-state index in [0.29, 0.717) is 5.91 Å². The van der Waals surface area contributed by atoms with Gasteiger partial charge in [-0.15, -0.1) is 0 Å². The van der Waals surface area contributed by atoms with Gasteiger partial charge in [-0.05, 0) is 44.2 Å². The molecule has 0 aromatic carbocycles. The van der Waals surface area contributed by atoms with E-state index in [-0.39, 0.29) is 12.0 Å². The molecule has 1 fully saturated rings. The van der Waals surface area contributed by atoms with Crippen molar-refractivity contribution >= 4 is 5.91 Å². The predicted octanol–water partition coefficient (Wildman–Crippen LogP) is 3.03. The Hall–Kier alpha value is -1.51. The fraction of sp³-hybridized carbons (Fsp3) is 0.533. The van der Waals surface area contributed by atoms with Crippen LogP contribution in [0.1, 0.15) is 43.8 Å². The van der Waals surface area contributed by atoms with Gasteiger partial charge in [0, 0.05) is 24.4 Å². The van der Waals surface area contributed by atoms with Gasteiger partial charge < -0.3 is 9.88 Å². The number of allylic oxidation sites excluding steroid dienone is 2. The lowest BCUT2D eigenvalue weighted by atomic mass is 9.93. The number of likely N-dealkylation sites (tertiary alicyclic amines) is 1. The van der Waals surface area contributed by atoms with Crippen molar-refractivity contribution in [1.29, 1.82) is 0 Å². The van der Waals surface area contributed by atoms with Crippen LogP contribution in [0.25, 0.3) is 0 Å². The minimum atomic E-state index is 0.213. The number of hydrogen-bond donors (Lipinski definition) is 1. The zero-order valence-electron chi connectivity index (χ0n) is 10.6. The van der Waals surface area contributed by atoms with Crippen molar-refractivity contribution < 1.29 is 4.79 Å². The van der Waals surface area contributed by atoms with Crippen LogP contribution in [0.3, 0.4) is 0 Å². The summed E-state index contributed by atoms with van der Waals surface area (Å²) >= 11 is 0. The number of aromatic amines is 1. The molecular formula is C15H20N2O. The molecule has 1 aromatic heterocycles. The highest BCUT2D eigenvalue weighted by atomic mass is 16.2. The number of H-pyrrole nitrogens is 1. The van der Waals surface area contributed by atoms with Crippen LogP contribution in [0.5, 0.6) is 0 Å². The van der Waals surface area contributed by atoms with Crippen LogP contribution < -0.4 is 0 Å². The van der Waals surface area contributed by atoms with Gasteiger partial charge >= 0.3 is 0 Å². The molecule has 1 aliphatic carbocycles. The highest BCUT2D eigenvalue weighted by molar-refractivity contribution is 5.80. The maximum atomic E-state index is 12.6. The average Bonchev–Trinajstić information content (AvgIpc) is 3.09. The SMILES string of the molecule is O=C(C1CC=CCC1)N1CCCC1c1ccc[nH]1. The van der Waals surface area contributed by atoms with Gasteiger partial charge in [-0.25, -0.2) is 0 Å². The van der Waals surface area contributed by atoms with E-state index >= 15 is 0 Å². The number of nitrogens with zero attached hydrogens (tertiary/aromatic N) is 1. The van der Waals surface area contributed by atoms with E-state index in [1.54, 1.807) is 0 Å². The first-order valence-electron chi connectivity index (χ1n) is 6.95. The molecule has 2 unspecified atom stereocenters. The molecule has 96 valence electrons. The van der Waals surface area contributed by atoms with Crippen LogP contribution in [0.2, 0.25) is 0 Å². The molecular weight excluding hydrogens is 224 g/mol. The Morgan fingerprint density at radius 2 is 2.28 bits per heavy atom.